The van der Waals surface area contributed by atoms with Crippen LogP contribution in [0.4, 0.5) is 0 Å². The average Bonchev–Trinajstić information content (AvgIpc) is 3.43. The van der Waals surface area contributed by atoms with Crippen LogP contribution in [0.3, 0.4) is 0 Å². The molecule has 3 heteroatoms. The fourth-order valence-electron chi connectivity index (χ4n) is 6.26. The van der Waals surface area contributed by atoms with Crippen LogP contribution >= 0.6 is 0 Å². The minimum Gasteiger partial charge on any atom is -1.00 e. The Labute approximate surface area is 248 Å². The SMILES string of the molecule is C=c1c(C(C)(C)C)cc2c(c1C1=CC=CC1)[C]([Zr+2][CH2]C1CCCCC1)=c1ccc(C(C)(C)C)cc1=2.[Cl-].[Cl-]. The molecular weight excluding hydrogens is 571 g/mol. The van der Waals surface area contributed by atoms with Crippen LogP contribution in [0.5, 0.6) is 0 Å². The molecule has 0 bridgehead atoms. The van der Waals surface area contributed by atoms with Gasteiger partial charge >= 0.3 is 225 Å². The van der Waals surface area contributed by atoms with Gasteiger partial charge in [-0.3, -0.25) is 0 Å². The molecule has 0 atom stereocenters. The first-order valence-electron chi connectivity index (χ1n) is 13.7. The van der Waals surface area contributed by atoms with E-state index < -0.39 is 23.2 Å². The number of hydrogen-bond donors (Lipinski definition) is 0. The Balaban J connectivity index is 0.00000190. The summed E-state index contributed by atoms with van der Waals surface area (Å²) >= 11 is -0.743. The van der Waals surface area contributed by atoms with Gasteiger partial charge in [0.15, 0.2) is 0 Å². The van der Waals surface area contributed by atoms with Crippen molar-refractivity contribution in [1.82, 2.24) is 0 Å². The Morgan fingerprint density at radius 3 is 2.14 bits per heavy atom. The van der Waals surface area contributed by atoms with E-state index in [1.54, 1.807) is 14.1 Å². The van der Waals surface area contributed by atoms with Crippen molar-refractivity contribution in [2.75, 3.05) is 0 Å². The maximum Gasteiger partial charge on any atom is -1.00 e. The molecule has 37 heavy (non-hydrogen) atoms. The van der Waals surface area contributed by atoms with E-state index >= 15 is 0 Å². The van der Waals surface area contributed by atoms with Gasteiger partial charge in [0.05, 0.1) is 0 Å². The summed E-state index contributed by atoms with van der Waals surface area (Å²) in [5.74, 6) is 0.966. The van der Waals surface area contributed by atoms with Crippen LogP contribution in [0, 0.1) is 16.4 Å². The standard InChI is InChI=1S/C27H29.C7H13.2ClH.Zr/c1-17-24(27(5,6)7)16-22-21-15-20(26(2,3)4)13-12-19(21)14-23(22)25(17)18-10-8-9-11-18;1-7-5-3-2-4-6-7;;;/h8-10,12-13,15-16H,1,11H2,2-7H3;7H,1-6H2;2*1H;/q;;;;+2/p-2. The van der Waals surface area contributed by atoms with Crippen LogP contribution in [-0.2, 0) is 34.1 Å². The molecule has 3 aliphatic rings. The maximum atomic E-state index is 4.75. The zero-order valence-electron chi connectivity index (χ0n) is 23.5. The molecule has 1 saturated carbocycles. The van der Waals surface area contributed by atoms with E-state index in [4.69, 9.17) is 6.58 Å². The van der Waals surface area contributed by atoms with Gasteiger partial charge in [0.2, 0.25) is 0 Å². The van der Waals surface area contributed by atoms with Gasteiger partial charge in [-0.1, -0.05) is 0 Å². The molecule has 5 rings (SSSR count). The van der Waals surface area contributed by atoms with Crippen LogP contribution in [0.25, 0.3) is 15.4 Å². The number of halogens is 2. The minimum atomic E-state index is -0.743. The van der Waals surface area contributed by atoms with Gasteiger partial charge in [0.25, 0.3) is 0 Å². The van der Waals surface area contributed by atoms with E-state index in [2.05, 4.69) is 84.0 Å². The van der Waals surface area contributed by atoms with Crippen molar-refractivity contribution in [2.45, 2.75) is 95.0 Å². The summed E-state index contributed by atoms with van der Waals surface area (Å²) in [6, 6.07) is 9.96. The van der Waals surface area contributed by atoms with Crippen molar-refractivity contribution in [3.8, 4) is 0 Å². The van der Waals surface area contributed by atoms with E-state index in [-0.39, 0.29) is 35.6 Å². The van der Waals surface area contributed by atoms with Crippen molar-refractivity contribution >= 4 is 15.4 Å². The Kier molecular flexibility index (Phi) is 9.70. The number of allylic oxidation sites excluding steroid dienone is 4. The van der Waals surface area contributed by atoms with Gasteiger partial charge in [-0.05, 0) is 0 Å². The van der Waals surface area contributed by atoms with E-state index in [0.717, 1.165) is 12.3 Å². The maximum absolute atomic E-state index is 4.75. The summed E-state index contributed by atoms with van der Waals surface area (Å²) in [4.78, 5) is 0. The second-order valence-corrected chi connectivity index (χ2v) is 16.1. The topological polar surface area (TPSA) is 0 Å². The largest absolute Gasteiger partial charge is 1.00 e. The molecule has 0 spiro atoms. The van der Waals surface area contributed by atoms with Crippen LogP contribution in [-0.4, -0.2) is 0 Å². The number of rotatable bonds is 4. The monoisotopic (exact) mass is 610 g/mol. The molecular formula is C34H42Cl2Zr. The molecule has 196 valence electrons. The molecule has 2 aromatic rings. The third-order valence-electron chi connectivity index (χ3n) is 8.32. The predicted molar refractivity (Wildman–Crippen MR) is 148 cm³/mol. The third kappa shape index (κ3) is 6.00. The number of benzene rings is 2. The minimum absolute atomic E-state index is 0. The Bertz CT molecular complexity index is 1430. The second-order valence-electron chi connectivity index (χ2n) is 13.0. The molecule has 0 N–H and O–H groups in total. The Morgan fingerprint density at radius 2 is 1.54 bits per heavy atom. The summed E-state index contributed by atoms with van der Waals surface area (Å²) in [6.07, 6.45) is 15.2. The van der Waals surface area contributed by atoms with Gasteiger partial charge in [-0.15, -0.1) is 0 Å². The molecule has 0 aromatic heterocycles. The number of fused-ring (bicyclic) bond motifs is 2. The summed E-state index contributed by atoms with van der Waals surface area (Å²) in [5.41, 5.74) is 7.58. The second kappa shape index (κ2) is 11.7. The summed E-state index contributed by atoms with van der Waals surface area (Å²) < 4.78 is 3.24. The van der Waals surface area contributed by atoms with E-state index in [1.807, 2.05) is 0 Å². The van der Waals surface area contributed by atoms with E-state index in [1.165, 1.54) is 74.2 Å². The van der Waals surface area contributed by atoms with Gasteiger partial charge in [0, 0.05) is 0 Å². The predicted octanol–water partition coefficient (Wildman–Crippen LogP) is 1.88. The number of hydrogen-bond acceptors (Lipinski definition) is 0. The molecule has 0 amide bonds. The van der Waals surface area contributed by atoms with E-state index in [0.29, 0.717) is 0 Å². The first kappa shape index (κ1) is 30.7. The molecule has 0 saturated heterocycles. The summed E-state index contributed by atoms with van der Waals surface area (Å²) in [6.45, 7) is 18.8. The smallest absolute Gasteiger partial charge is 1.00 e. The summed E-state index contributed by atoms with van der Waals surface area (Å²) in [7, 11) is 0. The average molecular weight is 613 g/mol. The van der Waals surface area contributed by atoms with Crippen molar-refractivity contribution in [2.24, 2.45) is 5.92 Å². The van der Waals surface area contributed by atoms with Gasteiger partial charge in [-0.2, -0.15) is 0 Å². The molecule has 3 aliphatic carbocycles. The van der Waals surface area contributed by atoms with Gasteiger partial charge in [0.1, 0.15) is 0 Å². The van der Waals surface area contributed by atoms with Crippen LogP contribution in [0.2, 0.25) is 4.13 Å². The van der Waals surface area contributed by atoms with Gasteiger partial charge < -0.3 is 24.8 Å². The van der Waals surface area contributed by atoms with Crippen LogP contribution in [0.15, 0.2) is 42.5 Å². The molecule has 0 radical (unpaired) electrons. The molecule has 0 heterocycles. The van der Waals surface area contributed by atoms with Crippen molar-refractivity contribution in [1.29, 1.82) is 0 Å². The fraction of sp³-hybridized carbons (Fsp3) is 0.471. The first-order valence-corrected chi connectivity index (χ1v) is 16.7. The Hall–Kier alpha value is -0.877. The molecule has 2 aromatic carbocycles. The molecule has 0 unspecified atom stereocenters. The van der Waals surface area contributed by atoms with Crippen LogP contribution in [0.1, 0.15) is 102 Å². The molecule has 1 fully saturated rings. The first-order chi connectivity index (χ1) is 16.6. The van der Waals surface area contributed by atoms with E-state index in [9.17, 15) is 0 Å². The van der Waals surface area contributed by atoms with Crippen molar-refractivity contribution in [3.63, 3.8) is 0 Å². The van der Waals surface area contributed by atoms with Gasteiger partial charge in [-0.25, -0.2) is 0 Å². The third-order valence-corrected chi connectivity index (χ3v) is 12.4. The van der Waals surface area contributed by atoms with Crippen LogP contribution < -0.4 is 35.3 Å². The quantitative estimate of drug-likeness (QED) is 0.495. The molecule has 0 aliphatic heterocycles. The zero-order chi connectivity index (χ0) is 25.0. The fourth-order valence-corrected chi connectivity index (χ4v) is 10.6. The van der Waals surface area contributed by atoms with Crippen molar-refractivity contribution < 1.29 is 48.0 Å². The molecule has 0 nitrogen and oxygen atoms in total. The Morgan fingerprint density at radius 1 is 0.838 bits per heavy atom. The zero-order valence-corrected chi connectivity index (χ0v) is 27.5. The summed E-state index contributed by atoms with van der Waals surface area (Å²) in [5, 5.41) is 5.80. The normalized spacial score (nSPS) is 16.9. The van der Waals surface area contributed by atoms with Crippen molar-refractivity contribution in [3.05, 3.63) is 85.6 Å².